The number of carbonyl (C=O) groups excluding carboxylic acids is 1. The maximum atomic E-state index is 11.9. The van der Waals surface area contributed by atoms with E-state index in [9.17, 15) is 4.79 Å². The summed E-state index contributed by atoms with van der Waals surface area (Å²) in [5.41, 5.74) is 4.42. The second-order valence-corrected chi connectivity index (χ2v) is 7.13. The van der Waals surface area contributed by atoms with Crippen molar-refractivity contribution < 1.29 is 4.79 Å². The number of hydrogen-bond acceptors (Lipinski definition) is 5. The maximum Gasteiger partial charge on any atom is 0.250 e. The standard InChI is InChI=1S/C20H18ClN5OS/c1-26-19(16-10-5-11-17(21)13-16)24-25-20(26)28-14-18(27)23-22-12-6-9-15-7-3-2-4-8-15/h2-13H,14H2,1H3,(H,23,27)/b9-6+,22-12+. The van der Waals surface area contributed by atoms with Crippen LogP contribution in [0.2, 0.25) is 5.02 Å². The fourth-order valence-electron chi connectivity index (χ4n) is 2.35. The Balaban J connectivity index is 1.50. The number of halogens is 1. The van der Waals surface area contributed by atoms with Gasteiger partial charge < -0.3 is 4.57 Å². The zero-order valence-corrected chi connectivity index (χ0v) is 16.7. The molecule has 8 heteroatoms. The minimum atomic E-state index is -0.221. The molecule has 1 amide bonds. The number of thioether (sulfide) groups is 1. The molecule has 0 aliphatic heterocycles. The monoisotopic (exact) mass is 411 g/mol. The van der Waals surface area contributed by atoms with Gasteiger partial charge in [-0.25, -0.2) is 5.43 Å². The van der Waals surface area contributed by atoms with Crippen molar-refractivity contribution in [3.8, 4) is 11.4 Å². The molecule has 0 aliphatic rings. The van der Waals surface area contributed by atoms with Crippen LogP contribution in [0.1, 0.15) is 5.56 Å². The Hall–Kier alpha value is -2.90. The fraction of sp³-hybridized carbons (Fsp3) is 0.100. The summed E-state index contributed by atoms with van der Waals surface area (Å²) in [4.78, 5) is 11.9. The molecule has 28 heavy (non-hydrogen) atoms. The third-order valence-electron chi connectivity index (χ3n) is 3.69. The Morgan fingerprint density at radius 1 is 1.21 bits per heavy atom. The van der Waals surface area contributed by atoms with Gasteiger partial charge >= 0.3 is 0 Å². The van der Waals surface area contributed by atoms with Crippen LogP contribution in [0.3, 0.4) is 0 Å². The first-order chi connectivity index (χ1) is 13.6. The van der Waals surface area contributed by atoms with Gasteiger partial charge in [0.2, 0.25) is 0 Å². The number of carbonyl (C=O) groups is 1. The van der Waals surface area contributed by atoms with E-state index in [1.54, 1.807) is 12.1 Å². The number of hydrazone groups is 1. The molecule has 0 radical (unpaired) electrons. The van der Waals surface area contributed by atoms with E-state index in [2.05, 4.69) is 20.7 Å². The molecule has 0 fully saturated rings. The van der Waals surface area contributed by atoms with Crippen LogP contribution < -0.4 is 5.43 Å². The van der Waals surface area contributed by atoms with Gasteiger partial charge in [-0.1, -0.05) is 71.9 Å². The van der Waals surface area contributed by atoms with Crippen molar-refractivity contribution in [1.82, 2.24) is 20.2 Å². The third kappa shape index (κ3) is 5.55. The van der Waals surface area contributed by atoms with E-state index in [-0.39, 0.29) is 11.7 Å². The lowest BCUT2D eigenvalue weighted by Crippen LogP contribution is -2.19. The average molecular weight is 412 g/mol. The quantitative estimate of drug-likeness (QED) is 0.361. The zero-order chi connectivity index (χ0) is 19.8. The normalized spacial score (nSPS) is 11.4. The molecule has 1 heterocycles. The lowest BCUT2D eigenvalue weighted by Gasteiger charge is -2.04. The summed E-state index contributed by atoms with van der Waals surface area (Å²) in [5.74, 6) is 0.650. The van der Waals surface area contributed by atoms with Crippen molar-refractivity contribution in [2.24, 2.45) is 12.1 Å². The highest BCUT2D eigenvalue weighted by Gasteiger charge is 2.12. The molecule has 2 aromatic carbocycles. The van der Waals surface area contributed by atoms with Crippen molar-refractivity contribution in [3.63, 3.8) is 0 Å². The molecular weight excluding hydrogens is 394 g/mol. The van der Waals surface area contributed by atoms with Gasteiger partial charge in [-0.15, -0.1) is 10.2 Å². The average Bonchev–Trinajstić information content (AvgIpc) is 3.07. The number of amides is 1. The molecular formula is C20H18ClN5OS. The number of nitrogens with one attached hydrogen (secondary N) is 1. The summed E-state index contributed by atoms with van der Waals surface area (Å²) in [7, 11) is 1.85. The third-order valence-corrected chi connectivity index (χ3v) is 4.94. The van der Waals surface area contributed by atoms with Gasteiger partial charge in [0.05, 0.1) is 5.75 Å². The lowest BCUT2D eigenvalue weighted by molar-refractivity contribution is -0.118. The highest BCUT2D eigenvalue weighted by atomic mass is 35.5. The largest absolute Gasteiger partial charge is 0.305 e. The lowest BCUT2D eigenvalue weighted by atomic mass is 10.2. The molecule has 0 aliphatic carbocycles. The summed E-state index contributed by atoms with van der Waals surface area (Å²) < 4.78 is 1.83. The molecule has 3 aromatic rings. The van der Waals surface area contributed by atoms with E-state index in [0.29, 0.717) is 16.0 Å². The first-order valence-corrected chi connectivity index (χ1v) is 9.81. The topological polar surface area (TPSA) is 72.2 Å². The number of rotatable bonds is 7. The Kier molecular flexibility index (Phi) is 7.00. The number of allylic oxidation sites excluding steroid dienone is 1. The van der Waals surface area contributed by atoms with Crippen LogP contribution in [0.25, 0.3) is 17.5 Å². The Morgan fingerprint density at radius 3 is 2.82 bits per heavy atom. The molecule has 0 saturated carbocycles. The van der Waals surface area contributed by atoms with Gasteiger partial charge in [-0.3, -0.25) is 4.79 Å². The number of aromatic nitrogens is 3. The van der Waals surface area contributed by atoms with Crippen LogP contribution in [-0.2, 0) is 11.8 Å². The van der Waals surface area contributed by atoms with Gasteiger partial charge in [-0.05, 0) is 23.8 Å². The second-order valence-electron chi connectivity index (χ2n) is 5.75. The van der Waals surface area contributed by atoms with Gasteiger partial charge in [-0.2, -0.15) is 5.10 Å². The van der Waals surface area contributed by atoms with Crippen LogP contribution in [0, 0.1) is 0 Å². The van der Waals surface area contributed by atoms with Gasteiger partial charge in [0.15, 0.2) is 11.0 Å². The minimum Gasteiger partial charge on any atom is -0.305 e. The van der Waals surface area contributed by atoms with Gasteiger partial charge in [0.1, 0.15) is 0 Å². The molecule has 0 saturated heterocycles. The van der Waals surface area contributed by atoms with E-state index in [1.807, 2.05) is 66.2 Å². The van der Waals surface area contributed by atoms with E-state index >= 15 is 0 Å². The van der Waals surface area contributed by atoms with Crippen LogP contribution in [0.15, 0.2) is 70.9 Å². The molecule has 0 bridgehead atoms. The van der Waals surface area contributed by atoms with Gasteiger partial charge in [0.25, 0.3) is 5.91 Å². The SMILES string of the molecule is Cn1c(SCC(=O)N/N=C/C=C/c2ccccc2)nnc1-c1cccc(Cl)c1. The summed E-state index contributed by atoms with van der Waals surface area (Å²) in [6.07, 6.45) is 5.21. The Labute approximate surface area is 172 Å². The van der Waals surface area contributed by atoms with E-state index in [0.717, 1.165) is 11.1 Å². The zero-order valence-electron chi connectivity index (χ0n) is 15.1. The van der Waals surface area contributed by atoms with E-state index < -0.39 is 0 Å². The van der Waals surface area contributed by atoms with Crippen LogP contribution in [0.5, 0.6) is 0 Å². The molecule has 142 valence electrons. The molecule has 6 nitrogen and oxygen atoms in total. The second kappa shape index (κ2) is 9.87. The van der Waals surface area contributed by atoms with Crippen LogP contribution in [-0.4, -0.2) is 32.6 Å². The van der Waals surface area contributed by atoms with Crippen molar-refractivity contribution in [3.05, 3.63) is 71.3 Å². The highest BCUT2D eigenvalue weighted by Crippen LogP contribution is 2.24. The first-order valence-electron chi connectivity index (χ1n) is 8.45. The maximum absolute atomic E-state index is 11.9. The molecule has 0 atom stereocenters. The smallest absolute Gasteiger partial charge is 0.250 e. The first kappa shape index (κ1) is 19.9. The minimum absolute atomic E-state index is 0.182. The predicted molar refractivity (Wildman–Crippen MR) is 114 cm³/mol. The molecule has 3 rings (SSSR count). The van der Waals surface area contributed by atoms with Crippen molar-refractivity contribution in [1.29, 1.82) is 0 Å². The van der Waals surface area contributed by atoms with Crippen LogP contribution >= 0.6 is 23.4 Å². The van der Waals surface area contributed by atoms with Gasteiger partial charge in [0, 0.05) is 23.8 Å². The van der Waals surface area contributed by atoms with E-state index in [4.69, 9.17) is 11.6 Å². The number of nitrogens with zero attached hydrogens (tertiary/aromatic N) is 4. The molecule has 0 spiro atoms. The molecule has 1 aromatic heterocycles. The number of benzene rings is 2. The van der Waals surface area contributed by atoms with Crippen molar-refractivity contribution in [2.75, 3.05) is 5.75 Å². The van der Waals surface area contributed by atoms with Crippen molar-refractivity contribution in [2.45, 2.75) is 5.16 Å². The number of hydrogen-bond donors (Lipinski definition) is 1. The van der Waals surface area contributed by atoms with E-state index in [1.165, 1.54) is 18.0 Å². The van der Waals surface area contributed by atoms with Crippen molar-refractivity contribution >= 4 is 41.6 Å². The highest BCUT2D eigenvalue weighted by molar-refractivity contribution is 7.99. The molecule has 0 unspecified atom stereocenters. The summed E-state index contributed by atoms with van der Waals surface area (Å²) in [6, 6.07) is 17.2. The molecule has 1 N–H and O–H groups in total. The Bertz CT molecular complexity index is 1000. The fourth-order valence-corrected chi connectivity index (χ4v) is 3.25. The summed E-state index contributed by atoms with van der Waals surface area (Å²) in [6.45, 7) is 0. The van der Waals surface area contributed by atoms with Crippen LogP contribution in [0.4, 0.5) is 0 Å². The summed E-state index contributed by atoms with van der Waals surface area (Å²) in [5, 5.41) is 13.5. The Morgan fingerprint density at radius 2 is 2.04 bits per heavy atom. The predicted octanol–water partition coefficient (Wildman–Crippen LogP) is 4.04. The summed E-state index contributed by atoms with van der Waals surface area (Å²) >= 11 is 7.32.